The molecule has 1 heterocycles. The lowest BCUT2D eigenvalue weighted by Crippen LogP contribution is -2.27. The second-order valence-corrected chi connectivity index (χ2v) is 6.47. The SMILES string of the molecule is CC(C)c1cn([C@@H]2CCC[C@H]2C)c(=O)c2ccccc12. The second kappa shape index (κ2) is 5.08. The van der Waals surface area contributed by atoms with E-state index in [0.29, 0.717) is 17.9 Å². The van der Waals surface area contributed by atoms with Crippen molar-refractivity contribution in [3.05, 3.63) is 46.4 Å². The van der Waals surface area contributed by atoms with E-state index < -0.39 is 0 Å². The number of hydrogen-bond acceptors (Lipinski definition) is 1. The van der Waals surface area contributed by atoms with Crippen LogP contribution in [0.3, 0.4) is 0 Å². The van der Waals surface area contributed by atoms with E-state index in [0.717, 1.165) is 17.2 Å². The van der Waals surface area contributed by atoms with E-state index in [1.807, 2.05) is 22.8 Å². The first kappa shape index (κ1) is 13.4. The van der Waals surface area contributed by atoms with Gasteiger partial charge in [0.2, 0.25) is 0 Å². The fraction of sp³-hybridized carbons (Fsp3) is 0.500. The van der Waals surface area contributed by atoms with Crippen molar-refractivity contribution in [2.45, 2.75) is 52.0 Å². The van der Waals surface area contributed by atoms with Crippen LogP contribution in [0.4, 0.5) is 0 Å². The third-order valence-corrected chi connectivity index (χ3v) is 4.78. The molecule has 2 nitrogen and oxygen atoms in total. The molecule has 1 aliphatic carbocycles. The molecule has 1 saturated carbocycles. The Bertz CT molecular complexity index is 683. The number of nitrogens with zero attached hydrogens (tertiary/aromatic N) is 1. The lowest BCUT2D eigenvalue weighted by Gasteiger charge is -2.22. The highest BCUT2D eigenvalue weighted by atomic mass is 16.1. The van der Waals surface area contributed by atoms with Crippen molar-refractivity contribution < 1.29 is 0 Å². The van der Waals surface area contributed by atoms with Crippen LogP contribution >= 0.6 is 0 Å². The summed E-state index contributed by atoms with van der Waals surface area (Å²) in [5.74, 6) is 1.04. The van der Waals surface area contributed by atoms with Crippen LogP contribution in [0.15, 0.2) is 35.3 Å². The van der Waals surface area contributed by atoms with Crippen LogP contribution in [-0.4, -0.2) is 4.57 Å². The quantitative estimate of drug-likeness (QED) is 0.787. The third-order valence-electron chi connectivity index (χ3n) is 4.78. The van der Waals surface area contributed by atoms with Gasteiger partial charge < -0.3 is 4.57 Å². The molecule has 1 aromatic carbocycles. The first-order valence-corrected chi connectivity index (χ1v) is 7.73. The van der Waals surface area contributed by atoms with Gasteiger partial charge in [-0.3, -0.25) is 4.79 Å². The molecule has 2 aromatic rings. The number of aromatic nitrogens is 1. The average molecular weight is 269 g/mol. The molecule has 20 heavy (non-hydrogen) atoms. The highest BCUT2D eigenvalue weighted by Gasteiger charge is 2.26. The fourth-order valence-electron chi connectivity index (χ4n) is 3.58. The van der Waals surface area contributed by atoms with Crippen molar-refractivity contribution in [1.82, 2.24) is 4.57 Å². The van der Waals surface area contributed by atoms with E-state index in [-0.39, 0.29) is 5.56 Å². The number of benzene rings is 1. The molecule has 0 aliphatic heterocycles. The van der Waals surface area contributed by atoms with E-state index in [2.05, 4.69) is 33.0 Å². The maximum absolute atomic E-state index is 12.8. The topological polar surface area (TPSA) is 22.0 Å². The van der Waals surface area contributed by atoms with Gasteiger partial charge in [-0.2, -0.15) is 0 Å². The van der Waals surface area contributed by atoms with Gasteiger partial charge in [0, 0.05) is 17.6 Å². The van der Waals surface area contributed by atoms with Gasteiger partial charge in [-0.1, -0.05) is 45.4 Å². The molecule has 1 aromatic heterocycles. The molecule has 106 valence electrons. The van der Waals surface area contributed by atoms with Crippen molar-refractivity contribution >= 4 is 10.8 Å². The standard InChI is InChI=1S/C18H23NO/c1-12(2)16-11-19(17-10-6-7-13(17)3)18(20)15-9-5-4-8-14(15)16/h4-5,8-9,11-13,17H,6-7,10H2,1-3H3/t13-,17-/m1/s1. The van der Waals surface area contributed by atoms with Crippen LogP contribution in [0.1, 0.15) is 57.6 Å². The van der Waals surface area contributed by atoms with Crippen molar-refractivity contribution in [3.63, 3.8) is 0 Å². The Morgan fingerprint density at radius 1 is 1.15 bits per heavy atom. The molecular formula is C18H23NO. The number of pyridine rings is 1. The molecular weight excluding hydrogens is 246 g/mol. The number of fused-ring (bicyclic) bond motifs is 1. The summed E-state index contributed by atoms with van der Waals surface area (Å²) in [5.41, 5.74) is 1.48. The molecule has 0 amide bonds. The van der Waals surface area contributed by atoms with Crippen LogP contribution in [-0.2, 0) is 0 Å². The van der Waals surface area contributed by atoms with E-state index in [4.69, 9.17) is 0 Å². The first-order chi connectivity index (χ1) is 9.59. The Morgan fingerprint density at radius 2 is 1.85 bits per heavy atom. The van der Waals surface area contributed by atoms with Gasteiger partial charge >= 0.3 is 0 Å². The third kappa shape index (κ3) is 2.07. The summed E-state index contributed by atoms with van der Waals surface area (Å²) >= 11 is 0. The predicted octanol–water partition coefficient (Wildman–Crippen LogP) is 4.49. The molecule has 1 aliphatic rings. The van der Waals surface area contributed by atoms with Crippen molar-refractivity contribution in [3.8, 4) is 0 Å². The van der Waals surface area contributed by atoms with Crippen molar-refractivity contribution in [2.75, 3.05) is 0 Å². The van der Waals surface area contributed by atoms with E-state index in [1.165, 1.54) is 18.4 Å². The number of hydrogen-bond donors (Lipinski definition) is 0. The highest BCUT2D eigenvalue weighted by Crippen LogP contribution is 2.35. The molecule has 0 unspecified atom stereocenters. The monoisotopic (exact) mass is 269 g/mol. The van der Waals surface area contributed by atoms with Gasteiger partial charge in [-0.05, 0) is 41.7 Å². The minimum Gasteiger partial charge on any atom is -0.311 e. The minimum atomic E-state index is 0.184. The molecule has 0 N–H and O–H groups in total. The van der Waals surface area contributed by atoms with Crippen LogP contribution in [0.25, 0.3) is 10.8 Å². The Balaban J connectivity index is 2.28. The summed E-state index contributed by atoms with van der Waals surface area (Å²) in [6.07, 6.45) is 5.74. The molecule has 3 rings (SSSR count). The van der Waals surface area contributed by atoms with E-state index in [1.54, 1.807) is 0 Å². The Labute approximate surface area is 120 Å². The summed E-state index contributed by atoms with van der Waals surface area (Å²) < 4.78 is 2.02. The summed E-state index contributed by atoms with van der Waals surface area (Å²) in [7, 11) is 0. The molecule has 2 heteroatoms. The van der Waals surface area contributed by atoms with Crippen LogP contribution in [0.2, 0.25) is 0 Å². The largest absolute Gasteiger partial charge is 0.311 e. The Morgan fingerprint density at radius 3 is 2.45 bits per heavy atom. The summed E-state index contributed by atoms with van der Waals surface area (Å²) in [4.78, 5) is 12.8. The normalized spacial score (nSPS) is 22.8. The minimum absolute atomic E-state index is 0.184. The average Bonchev–Trinajstić information content (AvgIpc) is 2.85. The smallest absolute Gasteiger partial charge is 0.258 e. The maximum Gasteiger partial charge on any atom is 0.258 e. The molecule has 0 radical (unpaired) electrons. The summed E-state index contributed by atoms with van der Waals surface area (Å²) in [6, 6.07) is 8.42. The van der Waals surface area contributed by atoms with Crippen molar-refractivity contribution in [2.24, 2.45) is 5.92 Å². The maximum atomic E-state index is 12.8. The van der Waals surface area contributed by atoms with Crippen molar-refractivity contribution in [1.29, 1.82) is 0 Å². The second-order valence-electron chi connectivity index (χ2n) is 6.47. The van der Waals surface area contributed by atoms with Crippen LogP contribution in [0.5, 0.6) is 0 Å². The Hall–Kier alpha value is -1.57. The molecule has 2 atom stereocenters. The fourth-order valence-corrected chi connectivity index (χ4v) is 3.58. The zero-order valence-corrected chi connectivity index (χ0v) is 12.6. The number of rotatable bonds is 2. The van der Waals surface area contributed by atoms with Gasteiger partial charge in [-0.25, -0.2) is 0 Å². The zero-order chi connectivity index (χ0) is 14.3. The van der Waals surface area contributed by atoms with E-state index >= 15 is 0 Å². The van der Waals surface area contributed by atoms with Crippen LogP contribution in [0, 0.1) is 5.92 Å². The van der Waals surface area contributed by atoms with Crippen LogP contribution < -0.4 is 5.56 Å². The molecule has 1 fully saturated rings. The zero-order valence-electron chi connectivity index (χ0n) is 12.6. The van der Waals surface area contributed by atoms with Gasteiger partial charge in [-0.15, -0.1) is 0 Å². The van der Waals surface area contributed by atoms with Gasteiger partial charge in [0.15, 0.2) is 0 Å². The molecule has 0 bridgehead atoms. The van der Waals surface area contributed by atoms with E-state index in [9.17, 15) is 4.79 Å². The molecule has 0 saturated heterocycles. The summed E-state index contributed by atoms with van der Waals surface area (Å²) in [6.45, 7) is 6.68. The first-order valence-electron chi connectivity index (χ1n) is 7.73. The van der Waals surface area contributed by atoms with Gasteiger partial charge in [0.05, 0.1) is 0 Å². The Kier molecular flexibility index (Phi) is 3.41. The lowest BCUT2D eigenvalue weighted by atomic mass is 9.97. The predicted molar refractivity (Wildman–Crippen MR) is 84.3 cm³/mol. The highest BCUT2D eigenvalue weighted by molar-refractivity contribution is 5.85. The summed E-state index contributed by atoms with van der Waals surface area (Å²) in [5, 5.41) is 1.99. The molecule has 0 spiro atoms. The van der Waals surface area contributed by atoms with Gasteiger partial charge in [0.1, 0.15) is 0 Å². The van der Waals surface area contributed by atoms with Gasteiger partial charge in [0.25, 0.3) is 5.56 Å². The lowest BCUT2D eigenvalue weighted by molar-refractivity contribution is 0.398.